The number of rotatable bonds is 6. The first kappa shape index (κ1) is 17.0. The summed E-state index contributed by atoms with van der Waals surface area (Å²) in [6, 6.07) is 4.99. The van der Waals surface area contributed by atoms with E-state index in [2.05, 4.69) is 21.2 Å². The topological polar surface area (TPSA) is 49.4 Å². The fraction of sp³-hybridized carbons (Fsp3) is 0.429. The van der Waals surface area contributed by atoms with Crippen LogP contribution in [0.15, 0.2) is 22.7 Å². The number of nitrogens with zero attached hydrogens (tertiary/aromatic N) is 1. The van der Waals surface area contributed by atoms with Crippen LogP contribution in [0.1, 0.15) is 30.6 Å². The molecule has 0 aromatic heterocycles. The molecule has 0 saturated heterocycles. The van der Waals surface area contributed by atoms with E-state index in [4.69, 9.17) is 11.6 Å². The minimum Gasteiger partial charge on any atom is -0.352 e. The van der Waals surface area contributed by atoms with Crippen molar-refractivity contribution in [2.24, 2.45) is 0 Å². The standard InChI is InChI=1S/C14H18BrClN2O2/c1-3-18(4-2)13(19)7-8-17-14(20)10-5-6-11(15)12(16)9-10/h5-6,9H,3-4,7-8H2,1-2H3,(H,17,20). The van der Waals surface area contributed by atoms with E-state index in [1.807, 2.05) is 13.8 Å². The smallest absolute Gasteiger partial charge is 0.251 e. The van der Waals surface area contributed by atoms with Crippen molar-refractivity contribution in [2.45, 2.75) is 20.3 Å². The second-order valence-corrected chi connectivity index (χ2v) is 5.46. The maximum atomic E-state index is 11.9. The Morgan fingerprint density at radius 1 is 1.30 bits per heavy atom. The van der Waals surface area contributed by atoms with Crippen LogP contribution in [-0.2, 0) is 4.79 Å². The van der Waals surface area contributed by atoms with Crippen LogP contribution in [-0.4, -0.2) is 36.3 Å². The molecular formula is C14H18BrClN2O2. The molecule has 4 nitrogen and oxygen atoms in total. The molecule has 0 fully saturated rings. The lowest BCUT2D eigenvalue weighted by molar-refractivity contribution is -0.130. The van der Waals surface area contributed by atoms with Crippen LogP contribution in [0.5, 0.6) is 0 Å². The Balaban J connectivity index is 2.47. The van der Waals surface area contributed by atoms with Gasteiger partial charge in [-0.2, -0.15) is 0 Å². The summed E-state index contributed by atoms with van der Waals surface area (Å²) >= 11 is 9.20. The van der Waals surface area contributed by atoms with Crippen LogP contribution >= 0.6 is 27.5 Å². The summed E-state index contributed by atoms with van der Waals surface area (Å²) in [5.74, 6) is -0.184. The molecule has 6 heteroatoms. The molecule has 1 N–H and O–H groups in total. The van der Waals surface area contributed by atoms with Crippen LogP contribution in [0, 0.1) is 0 Å². The Bertz CT molecular complexity index is 490. The Morgan fingerprint density at radius 3 is 2.50 bits per heavy atom. The molecule has 0 spiro atoms. The number of hydrogen-bond donors (Lipinski definition) is 1. The summed E-state index contributed by atoms with van der Waals surface area (Å²) in [6.45, 7) is 5.56. The minimum absolute atomic E-state index is 0.0455. The highest BCUT2D eigenvalue weighted by atomic mass is 79.9. The van der Waals surface area contributed by atoms with Crippen molar-refractivity contribution >= 4 is 39.3 Å². The second kappa shape index (κ2) is 8.27. The lowest BCUT2D eigenvalue weighted by Crippen LogP contribution is -2.34. The maximum absolute atomic E-state index is 11.9. The first-order valence-electron chi connectivity index (χ1n) is 6.50. The molecule has 2 amide bonds. The predicted molar refractivity (Wildman–Crippen MR) is 84.0 cm³/mol. The van der Waals surface area contributed by atoms with E-state index in [1.54, 1.807) is 23.1 Å². The number of nitrogens with one attached hydrogen (secondary N) is 1. The van der Waals surface area contributed by atoms with Gasteiger partial charge in [-0.1, -0.05) is 11.6 Å². The monoisotopic (exact) mass is 360 g/mol. The number of carbonyl (C=O) groups excluding carboxylic acids is 2. The summed E-state index contributed by atoms with van der Waals surface area (Å²) in [5.41, 5.74) is 0.480. The molecule has 1 aromatic carbocycles. The van der Waals surface area contributed by atoms with Gasteiger partial charge in [-0.3, -0.25) is 9.59 Å². The quantitative estimate of drug-likeness (QED) is 0.846. The fourth-order valence-electron chi connectivity index (χ4n) is 1.76. The van der Waals surface area contributed by atoms with Gasteiger partial charge in [-0.15, -0.1) is 0 Å². The molecule has 0 bridgehead atoms. The van der Waals surface area contributed by atoms with Gasteiger partial charge in [0, 0.05) is 36.1 Å². The average Bonchev–Trinajstić information content (AvgIpc) is 2.43. The average molecular weight is 362 g/mol. The van der Waals surface area contributed by atoms with Gasteiger partial charge in [-0.25, -0.2) is 0 Å². The zero-order valence-electron chi connectivity index (χ0n) is 11.6. The van der Waals surface area contributed by atoms with E-state index >= 15 is 0 Å². The van der Waals surface area contributed by atoms with Crippen LogP contribution < -0.4 is 5.32 Å². The molecule has 0 atom stereocenters. The van der Waals surface area contributed by atoms with Crippen molar-refractivity contribution < 1.29 is 9.59 Å². The lowest BCUT2D eigenvalue weighted by atomic mass is 10.2. The highest BCUT2D eigenvalue weighted by Crippen LogP contribution is 2.23. The third kappa shape index (κ3) is 4.80. The van der Waals surface area contributed by atoms with Gasteiger partial charge >= 0.3 is 0 Å². The van der Waals surface area contributed by atoms with Gasteiger partial charge in [0.2, 0.25) is 5.91 Å². The fourth-order valence-corrected chi connectivity index (χ4v) is 2.18. The van der Waals surface area contributed by atoms with E-state index in [0.717, 1.165) is 4.47 Å². The number of halogens is 2. The van der Waals surface area contributed by atoms with E-state index in [-0.39, 0.29) is 11.8 Å². The third-order valence-corrected chi connectivity index (χ3v) is 4.15. The van der Waals surface area contributed by atoms with Gasteiger partial charge in [0.25, 0.3) is 5.91 Å². The molecule has 0 heterocycles. The van der Waals surface area contributed by atoms with Gasteiger partial charge < -0.3 is 10.2 Å². The molecule has 0 aliphatic rings. The van der Waals surface area contributed by atoms with Crippen molar-refractivity contribution in [3.05, 3.63) is 33.3 Å². The molecule has 20 heavy (non-hydrogen) atoms. The molecule has 0 radical (unpaired) electrons. The van der Waals surface area contributed by atoms with E-state index in [1.165, 1.54) is 0 Å². The zero-order chi connectivity index (χ0) is 15.1. The summed E-state index contributed by atoms with van der Waals surface area (Å²) in [5, 5.41) is 3.20. The van der Waals surface area contributed by atoms with Gasteiger partial charge in [0.15, 0.2) is 0 Å². The summed E-state index contributed by atoms with van der Waals surface area (Å²) < 4.78 is 0.743. The van der Waals surface area contributed by atoms with Gasteiger partial charge in [0.05, 0.1) is 5.02 Å². The van der Waals surface area contributed by atoms with Crippen LogP contribution in [0.3, 0.4) is 0 Å². The Labute approximate surface area is 132 Å². The molecule has 0 saturated carbocycles. The molecule has 0 unspecified atom stereocenters. The number of amides is 2. The van der Waals surface area contributed by atoms with Crippen molar-refractivity contribution in [3.63, 3.8) is 0 Å². The van der Waals surface area contributed by atoms with E-state index < -0.39 is 0 Å². The van der Waals surface area contributed by atoms with Crippen molar-refractivity contribution in [1.29, 1.82) is 0 Å². The number of carbonyl (C=O) groups is 2. The molecule has 0 aliphatic carbocycles. The SMILES string of the molecule is CCN(CC)C(=O)CCNC(=O)c1ccc(Br)c(Cl)c1. The largest absolute Gasteiger partial charge is 0.352 e. The molecule has 0 aliphatic heterocycles. The first-order valence-corrected chi connectivity index (χ1v) is 7.67. The Kier molecular flexibility index (Phi) is 7.02. The second-order valence-electron chi connectivity index (χ2n) is 4.20. The molecule has 1 aromatic rings. The predicted octanol–water partition coefficient (Wildman–Crippen LogP) is 3.09. The zero-order valence-corrected chi connectivity index (χ0v) is 13.9. The summed E-state index contributed by atoms with van der Waals surface area (Å²) in [4.78, 5) is 25.4. The number of benzene rings is 1. The minimum atomic E-state index is -0.230. The Hall–Kier alpha value is -1.07. The molecule has 1 rings (SSSR count). The van der Waals surface area contributed by atoms with Crippen molar-refractivity contribution in [3.8, 4) is 0 Å². The molecule has 110 valence electrons. The Morgan fingerprint density at radius 2 is 1.95 bits per heavy atom. The summed E-state index contributed by atoms with van der Waals surface area (Å²) in [6.07, 6.45) is 0.303. The first-order chi connectivity index (χ1) is 9.49. The van der Waals surface area contributed by atoms with Crippen molar-refractivity contribution in [1.82, 2.24) is 10.2 Å². The van der Waals surface area contributed by atoms with Crippen LogP contribution in [0.2, 0.25) is 5.02 Å². The van der Waals surface area contributed by atoms with Gasteiger partial charge in [-0.05, 0) is 48.0 Å². The van der Waals surface area contributed by atoms with Gasteiger partial charge in [0.1, 0.15) is 0 Å². The molecular weight excluding hydrogens is 344 g/mol. The maximum Gasteiger partial charge on any atom is 0.251 e. The highest BCUT2D eigenvalue weighted by molar-refractivity contribution is 9.10. The normalized spacial score (nSPS) is 10.2. The van der Waals surface area contributed by atoms with E-state index in [0.29, 0.717) is 36.6 Å². The summed E-state index contributed by atoms with van der Waals surface area (Å²) in [7, 11) is 0. The number of hydrogen-bond acceptors (Lipinski definition) is 2. The third-order valence-electron chi connectivity index (χ3n) is 2.92. The van der Waals surface area contributed by atoms with E-state index in [9.17, 15) is 9.59 Å². The van der Waals surface area contributed by atoms with Crippen LogP contribution in [0.25, 0.3) is 0 Å². The van der Waals surface area contributed by atoms with Crippen LogP contribution in [0.4, 0.5) is 0 Å². The lowest BCUT2D eigenvalue weighted by Gasteiger charge is -2.18. The van der Waals surface area contributed by atoms with Crippen molar-refractivity contribution in [2.75, 3.05) is 19.6 Å². The highest BCUT2D eigenvalue weighted by Gasteiger charge is 2.11.